The number of hydrogen-bond acceptors (Lipinski definition) is 4. The van der Waals surface area contributed by atoms with Gasteiger partial charge in [-0.05, 0) is 44.1 Å². The fraction of sp³-hybridized carbons (Fsp3) is 0.611. The molecule has 0 saturated heterocycles. The molecule has 0 bridgehead atoms. The van der Waals surface area contributed by atoms with Crippen LogP contribution in [0.25, 0.3) is 0 Å². The number of likely N-dealkylation sites (N-methyl/N-ethyl adjacent to an activating group) is 1. The summed E-state index contributed by atoms with van der Waals surface area (Å²) in [7, 11) is 9.26. The summed E-state index contributed by atoms with van der Waals surface area (Å²) in [6.07, 6.45) is 1.22. The Morgan fingerprint density at radius 1 is 1.29 bits per heavy atom. The van der Waals surface area contributed by atoms with Crippen molar-refractivity contribution in [2.75, 3.05) is 41.9 Å². The predicted octanol–water partition coefficient (Wildman–Crippen LogP) is 1.88. The number of guanidine groups is 1. The molecule has 0 spiro atoms. The minimum Gasteiger partial charge on any atom is -0.493 e. The van der Waals surface area contributed by atoms with E-state index in [1.807, 2.05) is 19.2 Å². The van der Waals surface area contributed by atoms with E-state index in [0.29, 0.717) is 6.04 Å². The summed E-state index contributed by atoms with van der Waals surface area (Å²) in [5, 5.41) is 6.89. The number of nitrogens with zero attached hydrogens (tertiary/aromatic N) is 2. The summed E-state index contributed by atoms with van der Waals surface area (Å²) in [5.74, 6) is 3.08. The van der Waals surface area contributed by atoms with Gasteiger partial charge in [-0.3, -0.25) is 4.99 Å². The lowest BCUT2D eigenvalue weighted by Crippen LogP contribution is -2.42. The van der Waals surface area contributed by atoms with E-state index in [1.165, 1.54) is 12.0 Å². The molecule has 1 aliphatic carbocycles. The van der Waals surface area contributed by atoms with Crippen molar-refractivity contribution in [2.45, 2.75) is 25.4 Å². The first-order valence-corrected chi connectivity index (χ1v) is 8.35. The summed E-state index contributed by atoms with van der Waals surface area (Å²) in [6.45, 7) is 3.00. The molecule has 6 nitrogen and oxygen atoms in total. The highest BCUT2D eigenvalue weighted by Crippen LogP contribution is 2.31. The van der Waals surface area contributed by atoms with E-state index in [1.54, 1.807) is 14.2 Å². The SMILES string of the molecule is CN=C(NCC(c1ccc(OC)c(OC)c1)N(C)C)NC1CC1C. The molecule has 2 N–H and O–H groups in total. The average molecular weight is 334 g/mol. The molecule has 1 saturated carbocycles. The zero-order valence-corrected chi connectivity index (χ0v) is 15.6. The normalized spacial score (nSPS) is 21.4. The molecule has 0 aliphatic heterocycles. The fourth-order valence-corrected chi connectivity index (χ4v) is 2.75. The van der Waals surface area contributed by atoms with Crippen molar-refractivity contribution in [1.29, 1.82) is 0 Å². The lowest BCUT2D eigenvalue weighted by atomic mass is 10.1. The predicted molar refractivity (Wildman–Crippen MR) is 98.0 cm³/mol. The van der Waals surface area contributed by atoms with Crippen LogP contribution in [0.4, 0.5) is 0 Å². The van der Waals surface area contributed by atoms with Gasteiger partial charge in [-0.2, -0.15) is 0 Å². The lowest BCUT2D eigenvalue weighted by molar-refractivity contribution is 0.295. The van der Waals surface area contributed by atoms with Crippen LogP contribution >= 0.6 is 0 Å². The largest absolute Gasteiger partial charge is 0.493 e. The van der Waals surface area contributed by atoms with Gasteiger partial charge in [0.15, 0.2) is 17.5 Å². The second-order valence-corrected chi connectivity index (χ2v) is 6.51. The Labute approximate surface area is 145 Å². The zero-order valence-electron chi connectivity index (χ0n) is 15.6. The smallest absolute Gasteiger partial charge is 0.191 e. The summed E-state index contributed by atoms with van der Waals surface area (Å²) in [4.78, 5) is 6.50. The van der Waals surface area contributed by atoms with Gasteiger partial charge in [0.1, 0.15) is 0 Å². The van der Waals surface area contributed by atoms with E-state index in [9.17, 15) is 0 Å². The van der Waals surface area contributed by atoms with Crippen molar-refractivity contribution >= 4 is 5.96 Å². The molecule has 0 aromatic heterocycles. The molecule has 0 heterocycles. The quantitative estimate of drug-likeness (QED) is 0.589. The van der Waals surface area contributed by atoms with Crippen LogP contribution in [-0.4, -0.2) is 58.8 Å². The second kappa shape index (κ2) is 8.24. The van der Waals surface area contributed by atoms with Gasteiger partial charge in [0.05, 0.1) is 20.3 Å². The van der Waals surface area contributed by atoms with Gasteiger partial charge < -0.3 is 25.0 Å². The van der Waals surface area contributed by atoms with Crippen molar-refractivity contribution < 1.29 is 9.47 Å². The maximum atomic E-state index is 5.43. The topological polar surface area (TPSA) is 58.1 Å². The Morgan fingerprint density at radius 3 is 2.46 bits per heavy atom. The number of methoxy groups -OCH3 is 2. The number of benzene rings is 1. The van der Waals surface area contributed by atoms with Gasteiger partial charge in [-0.25, -0.2) is 0 Å². The molecule has 1 aliphatic rings. The van der Waals surface area contributed by atoms with Crippen LogP contribution in [0, 0.1) is 5.92 Å². The van der Waals surface area contributed by atoms with Gasteiger partial charge in [-0.1, -0.05) is 13.0 Å². The van der Waals surface area contributed by atoms with E-state index in [4.69, 9.17) is 9.47 Å². The highest BCUT2D eigenvalue weighted by Gasteiger charge is 2.33. The van der Waals surface area contributed by atoms with E-state index in [2.05, 4.69) is 47.6 Å². The molecule has 1 aromatic carbocycles. The third kappa shape index (κ3) is 4.54. The molecule has 2 rings (SSSR count). The van der Waals surface area contributed by atoms with Gasteiger partial charge in [-0.15, -0.1) is 0 Å². The van der Waals surface area contributed by atoms with Crippen LogP contribution in [0.2, 0.25) is 0 Å². The van der Waals surface area contributed by atoms with E-state index >= 15 is 0 Å². The van der Waals surface area contributed by atoms with Crippen LogP contribution in [0.3, 0.4) is 0 Å². The van der Waals surface area contributed by atoms with Gasteiger partial charge in [0.25, 0.3) is 0 Å². The second-order valence-electron chi connectivity index (χ2n) is 6.51. The Morgan fingerprint density at radius 2 is 1.96 bits per heavy atom. The fourth-order valence-electron chi connectivity index (χ4n) is 2.75. The van der Waals surface area contributed by atoms with Gasteiger partial charge in [0, 0.05) is 19.6 Å². The number of nitrogens with one attached hydrogen (secondary N) is 2. The van der Waals surface area contributed by atoms with Crippen molar-refractivity contribution in [3.05, 3.63) is 23.8 Å². The maximum absolute atomic E-state index is 5.43. The minimum atomic E-state index is 0.194. The van der Waals surface area contributed by atoms with Crippen LogP contribution in [-0.2, 0) is 0 Å². The van der Waals surface area contributed by atoms with Crippen molar-refractivity contribution in [3.8, 4) is 11.5 Å². The zero-order chi connectivity index (χ0) is 17.7. The Bertz CT molecular complexity index is 574. The Balaban J connectivity index is 2.06. The average Bonchev–Trinajstić information content (AvgIpc) is 3.28. The summed E-state index contributed by atoms with van der Waals surface area (Å²) in [6, 6.07) is 6.80. The molecule has 1 aromatic rings. The third-order valence-electron chi connectivity index (χ3n) is 4.53. The molecule has 3 unspecified atom stereocenters. The summed E-state index contributed by atoms with van der Waals surface area (Å²) < 4.78 is 10.8. The summed E-state index contributed by atoms with van der Waals surface area (Å²) >= 11 is 0. The highest BCUT2D eigenvalue weighted by molar-refractivity contribution is 5.80. The van der Waals surface area contributed by atoms with Gasteiger partial charge >= 0.3 is 0 Å². The first-order valence-electron chi connectivity index (χ1n) is 8.35. The first kappa shape index (κ1) is 18.4. The molecule has 3 atom stereocenters. The Kier molecular flexibility index (Phi) is 6.31. The van der Waals surface area contributed by atoms with Gasteiger partial charge in [0.2, 0.25) is 0 Å². The van der Waals surface area contributed by atoms with Crippen LogP contribution in [0.1, 0.15) is 24.9 Å². The number of aliphatic imine (C=N–C) groups is 1. The van der Waals surface area contributed by atoms with E-state index in [0.717, 1.165) is 29.9 Å². The van der Waals surface area contributed by atoms with Crippen LogP contribution in [0.5, 0.6) is 11.5 Å². The van der Waals surface area contributed by atoms with E-state index in [-0.39, 0.29) is 6.04 Å². The molecule has 0 radical (unpaired) electrons. The monoisotopic (exact) mass is 334 g/mol. The number of ether oxygens (including phenoxy) is 2. The molecular weight excluding hydrogens is 304 g/mol. The highest BCUT2D eigenvalue weighted by atomic mass is 16.5. The van der Waals surface area contributed by atoms with Crippen LogP contribution in [0.15, 0.2) is 23.2 Å². The summed E-state index contributed by atoms with van der Waals surface area (Å²) in [5.41, 5.74) is 1.17. The lowest BCUT2D eigenvalue weighted by Gasteiger charge is -2.26. The van der Waals surface area contributed by atoms with Crippen LogP contribution < -0.4 is 20.1 Å². The molecular formula is C18H30N4O2. The van der Waals surface area contributed by atoms with Crippen molar-refractivity contribution in [2.24, 2.45) is 10.9 Å². The minimum absolute atomic E-state index is 0.194. The van der Waals surface area contributed by atoms with Crippen molar-refractivity contribution in [3.63, 3.8) is 0 Å². The third-order valence-corrected chi connectivity index (χ3v) is 4.53. The molecule has 1 fully saturated rings. The molecule has 24 heavy (non-hydrogen) atoms. The molecule has 6 heteroatoms. The number of hydrogen-bond donors (Lipinski definition) is 2. The molecule has 0 amide bonds. The van der Waals surface area contributed by atoms with E-state index < -0.39 is 0 Å². The molecule has 134 valence electrons. The Hall–Kier alpha value is -1.95. The maximum Gasteiger partial charge on any atom is 0.191 e. The standard InChI is InChI=1S/C18H30N4O2/c1-12-9-14(12)21-18(19-2)20-11-15(22(3)4)13-7-8-16(23-5)17(10-13)24-6/h7-8,10,12,14-15H,9,11H2,1-6H3,(H2,19,20,21). The van der Waals surface area contributed by atoms with Crippen molar-refractivity contribution in [1.82, 2.24) is 15.5 Å². The first-order chi connectivity index (χ1) is 11.5. The number of rotatable bonds is 7.